The molecule has 4 unspecified atom stereocenters. The molecule has 0 saturated heterocycles. The average Bonchev–Trinajstić information content (AvgIpc) is 2.79. The van der Waals surface area contributed by atoms with E-state index < -0.39 is 79.1 Å². The van der Waals surface area contributed by atoms with Crippen molar-refractivity contribution in [1.82, 2.24) is 16.0 Å². The lowest BCUT2D eigenvalue weighted by molar-refractivity contribution is -0.144. The molecule has 14 heteroatoms. The zero-order valence-corrected chi connectivity index (χ0v) is 19.4. The monoisotopic (exact) mass is 512 g/mol. The third-order valence-corrected chi connectivity index (χ3v) is 5.09. The summed E-state index contributed by atoms with van der Waals surface area (Å²) in [6, 6.07) is 3.27. The van der Waals surface area contributed by atoms with E-state index in [0.717, 1.165) is 5.56 Å². The van der Waals surface area contributed by atoms with Crippen LogP contribution in [0.4, 0.5) is 0 Å². The van der Waals surface area contributed by atoms with E-state index in [1.165, 1.54) is 0 Å². The van der Waals surface area contributed by atoms with Gasteiger partial charge in [-0.15, -0.1) is 0 Å². The van der Waals surface area contributed by atoms with Gasteiger partial charge in [0.2, 0.25) is 17.7 Å². The van der Waals surface area contributed by atoms with Crippen LogP contribution in [0, 0.1) is 0 Å². The quantitative estimate of drug-likeness (QED) is 0.125. The van der Waals surface area contributed by atoms with Crippen molar-refractivity contribution in [3.05, 3.63) is 35.9 Å². The van der Waals surface area contributed by atoms with E-state index in [1.807, 2.05) is 5.32 Å². The summed E-state index contributed by atoms with van der Waals surface area (Å²) in [6.45, 7) is 0. The fourth-order valence-corrected chi connectivity index (χ4v) is 3.14. The number of hydrogen-bond acceptors (Lipinski definition) is 8. The molecule has 0 fully saturated rings. The number of nitrogens with one attached hydrogen (secondary N) is 3. The van der Waals surface area contributed by atoms with E-state index in [4.69, 9.17) is 15.9 Å². The molecule has 1 aromatic carbocycles. The van der Waals surface area contributed by atoms with E-state index in [2.05, 4.69) is 23.3 Å². The van der Waals surface area contributed by atoms with E-state index in [0.29, 0.717) is 0 Å². The number of carbonyl (C=O) groups excluding carboxylic acids is 3. The summed E-state index contributed by atoms with van der Waals surface area (Å²) in [4.78, 5) is 70.7. The summed E-state index contributed by atoms with van der Waals surface area (Å²) < 4.78 is 0. The summed E-state index contributed by atoms with van der Waals surface area (Å²) in [5.74, 6) is -7.29. The molecule has 13 nitrogen and oxygen atoms in total. The van der Waals surface area contributed by atoms with Crippen LogP contribution in [-0.2, 0) is 35.2 Å². The minimum absolute atomic E-state index is 0.185. The summed E-state index contributed by atoms with van der Waals surface area (Å²) in [5.41, 5.74) is 6.68. The molecule has 0 aromatic heterocycles. The fraction of sp³-hybridized carbons (Fsp3) is 0.429. The van der Waals surface area contributed by atoms with Gasteiger partial charge in [0.25, 0.3) is 0 Å². The molecule has 35 heavy (non-hydrogen) atoms. The standard InChI is InChI=1S/C21H28N4O9S/c22-12(8-11-4-2-1-3-5-11)18(30)25-15(10-35)20(32)24-14(9-17(28)29)19(31)23-13(21(33)34)6-7-16(26)27/h1-5,12-15,35H,6-10,22H2,(H,23,31)(H,24,32)(H,25,30)(H,26,27)(H,28,29)(H,33,34). The Morgan fingerprint density at radius 3 is 1.86 bits per heavy atom. The predicted molar refractivity (Wildman–Crippen MR) is 125 cm³/mol. The zero-order chi connectivity index (χ0) is 26.5. The van der Waals surface area contributed by atoms with Gasteiger partial charge in [0.05, 0.1) is 12.5 Å². The molecule has 0 aliphatic carbocycles. The van der Waals surface area contributed by atoms with Crippen molar-refractivity contribution in [2.75, 3.05) is 5.75 Å². The molecular weight excluding hydrogens is 484 g/mol. The van der Waals surface area contributed by atoms with Gasteiger partial charge in [0.15, 0.2) is 0 Å². The number of rotatable bonds is 15. The Balaban J connectivity index is 2.84. The van der Waals surface area contributed by atoms with Crippen LogP contribution in [0.25, 0.3) is 0 Å². The second-order valence-corrected chi connectivity index (χ2v) is 7.90. The number of carbonyl (C=O) groups is 6. The van der Waals surface area contributed by atoms with Crippen LogP contribution in [0.1, 0.15) is 24.8 Å². The lowest BCUT2D eigenvalue weighted by Crippen LogP contribution is -2.58. The molecule has 1 rings (SSSR count). The van der Waals surface area contributed by atoms with Crippen molar-refractivity contribution in [1.29, 1.82) is 0 Å². The fourth-order valence-electron chi connectivity index (χ4n) is 2.89. The van der Waals surface area contributed by atoms with Crippen molar-refractivity contribution in [3.63, 3.8) is 0 Å². The first-order chi connectivity index (χ1) is 16.4. The highest BCUT2D eigenvalue weighted by Gasteiger charge is 2.31. The smallest absolute Gasteiger partial charge is 0.326 e. The second-order valence-electron chi connectivity index (χ2n) is 7.53. The van der Waals surface area contributed by atoms with E-state index in [1.54, 1.807) is 30.3 Å². The van der Waals surface area contributed by atoms with Crippen LogP contribution in [0.2, 0.25) is 0 Å². The van der Waals surface area contributed by atoms with Gasteiger partial charge >= 0.3 is 17.9 Å². The number of hydrogen-bond donors (Lipinski definition) is 8. The molecule has 0 aliphatic heterocycles. The van der Waals surface area contributed by atoms with Crippen molar-refractivity contribution >= 4 is 48.3 Å². The third kappa shape index (κ3) is 10.9. The van der Waals surface area contributed by atoms with Crippen LogP contribution >= 0.6 is 12.6 Å². The number of benzene rings is 1. The molecule has 1 aromatic rings. The molecule has 8 N–H and O–H groups in total. The first-order valence-corrected chi connectivity index (χ1v) is 11.1. The highest BCUT2D eigenvalue weighted by Crippen LogP contribution is 2.04. The lowest BCUT2D eigenvalue weighted by atomic mass is 10.1. The first-order valence-electron chi connectivity index (χ1n) is 10.4. The summed E-state index contributed by atoms with van der Waals surface area (Å²) in [7, 11) is 0. The average molecular weight is 513 g/mol. The maximum atomic E-state index is 12.6. The Morgan fingerprint density at radius 2 is 1.34 bits per heavy atom. The second kappa shape index (κ2) is 14.6. The minimum Gasteiger partial charge on any atom is -0.481 e. The van der Waals surface area contributed by atoms with Gasteiger partial charge in [-0.3, -0.25) is 24.0 Å². The van der Waals surface area contributed by atoms with Gasteiger partial charge in [0.1, 0.15) is 18.1 Å². The van der Waals surface area contributed by atoms with Crippen molar-refractivity contribution in [2.45, 2.75) is 49.9 Å². The van der Waals surface area contributed by atoms with Gasteiger partial charge < -0.3 is 37.0 Å². The number of amides is 3. The van der Waals surface area contributed by atoms with Crippen LogP contribution < -0.4 is 21.7 Å². The van der Waals surface area contributed by atoms with E-state index in [-0.39, 0.29) is 12.2 Å². The minimum atomic E-state index is -1.70. The number of thiol groups is 1. The Kier molecular flexibility index (Phi) is 12.2. The van der Waals surface area contributed by atoms with Crippen molar-refractivity contribution in [3.8, 4) is 0 Å². The predicted octanol–water partition coefficient (Wildman–Crippen LogP) is -1.64. The maximum Gasteiger partial charge on any atom is 0.326 e. The highest BCUT2D eigenvalue weighted by molar-refractivity contribution is 7.80. The van der Waals surface area contributed by atoms with E-state index >= 15 is 0 Å². The Labute approximate surface area is 205 Å². The van der Waals surface area contributed by atoms with Gasteiger partial charge in [-0.25, -0.2) is 4.79 Å². The van der Waals surface area contributed by atoms with Crippen LogP contribution in [0.15, 0.2) is 30.3 Å². The third-order valence-electron chi connectivity index (χ3n) is 4.72. The Bertz CT molecular complexity index is 929. The number of nitrogens with two attached hydrogens (primary N) is 1. The van der Waals surface area contributed by atoms with Gasteiger partial charge in [-0.2, -0.15) is 12.6 Å². The van der Waals surface area contributed by atoms with Gasteiger partial charge in [-0.05, 0) is 18.4 Å². The van der Waals surface area contributed by atoms with Crippen LogP contribution in [-0.4, -0.2) is 80.9 Å². The molecule has 0 saturated carbocycles. The Morgan fingerprint density at radius 1 is 0.800 bits per heavy atom. The lowest BCUT2D eigenvalue weighted by Gasteiger charge is -2.23. The number of carboxylic acids is 3. The van der Waals surface area contributed by atoms with Gasteiger partial charge in [0, 0.05) is 12.2 Å². The van der Waals surface area contributed by atoms with Crippen molar-refractivity contribution < 1.29 is 44.1 Å². The molecule has 192 valence electrons. The van der Waals surface area contributed by atoms with Crippen LogP contribution in [0.3, 0.4) is 0 Å². The first kappa shape index (κ1) is 29.4. The van der Waals surface area contributed by atoms with E-state index in [9.17, 15) is 33.9 Å². The molecule has 0 spiro atoms. The molecule has 0 bridgehead atoms. The normalized spacial score (nSPS) is 14.0. The molecule has 0 radical (unpaired) electrons. The van der Waals surface area contributed by atoms with Crippen molar-refractivity contribution in [2.24, 2.45) is 5.73 Å². The number of carboxylic acid groups (broad SMARTS) is 3. The molecule has 0 heterocycles. The molecular formula is C21H28N4O9S. The van der Waals surface area contributed by atoms with Crippen LogP contribution in [0.5, 0.6) is 0 Å². The Hall–Kier alpha value is -3.65. The summed E-state index contributed by atoms with van der Waals surface area (Å²) >= 11 is 4.00. The maximum absolute atomic E-state index is 12.6. The molecule has 0 aliphatic rings. The summed E-state index contributed by atoms with van der Waals surface area (Å²) in [6.07, 6.45) is -1.74. The largest absolute Gasteiger partial charge is 0.481 e. The molecule has 4 atom stereocenters. The van der Waals surface area contributed by atoms with Gasteiger partial charge in [-0.1, -0.05) is 30.3 Å². The summed E-state index contributed by atoms with van der Waals surface area (Å²) in [5, 5.41) is 33.6. The highest BCUT2D eigenvalue weighted by atomic mass is 32.1. The SMILES string of the molecule is NC(Cc1ccccc1)C(=O)NC(CS)C(=O)NC(CC(=O)O)C(=O)NC(CCC(=O)O)C(=O)O. The number of aliphatic carboxylic acids is 3. The topological polar surface area (TPSA) is 225 Å². The molecule has 3 amide bonds. The zero-order valence-electron chi connectivity index (χ0n) is 18.5.